The van der Waals surface area contributed by atoms with Crippen molar-refractivity contribution in [3.05, 3.63) is 35.9 Å². The molecule has 0 amide bonds. The molecular weight excluding hydrogens is 212 g/mol. The number of fused-ring (bicyclic) bond motifs is 2. The fourth-order valence-corrected chi connectivity index (χ4v) is 3.33. The minimum absolute atomic E-state index is 0.348. The van der Waals surface area contributed by atoms with E-state index in [9.17, 15) is 4.79 Å². The standard InChI is InChI=1S/C15H18O2/c16-11-15-9-8-14(17-15)10-13(15)7-6-12-4-2-1-3-5-12/h1-5,11,13-14H,6-10H2/t13?,14?,15-/m0/s1. The maximum atomic E-state index is 11.3. The topological polar surface area (TPSA) is 26.3 Å². The number of aryl methyl sites for hydroxylation is 1. The molecule has 2 saturated heterocycles. The first-order valence-electron chi connectivity index (χ1n) is 6.50. The molecule has 0 spiro atoms. The van der Waals surface area contributed by atoms with E-state index in [2.05, 4.69) is 24.3 Å². The molecule has 2 heteroatoms. The van der Waals surface area contributed by atoms with Gasteiger partial charge in [0.2, 0.25) is 0 Å². The van der Waals surface area contributed by atoms with Crippen LogP contribution in [-0.2, 0) is 16.0 Å². The zero-order chi connectivity index (χ0) is 11.7. The molecule has 0 aliphatic carbocycles. The summed E-state index contributed by atoms with van der Waals surface area (Å²) in [5.41, 5.74) is 0.927. The fraction of sp³-hybridized carbons (Fsp3) is 0.533. The predicted octanol–water partition coefficient (Wildman–Crippen LogP) is 2.76. The summed E-state index contributed by atoms with van der Waals surface area (Å²) in [6.45, 7) is 0. The summed E-state index contributed by atoms with van der Waals surface area (Å²) in [6.07, 6.45) is 6.61. The van der Waals surface area contributed by atoms with Gasteiger partial charge in [0.05, 0.1) is 6.10 Å². The Balaban J connectivity index is 1.65. The van der Waals surface area contributed by atoms with E-state index >= 15 is 0 Å². The molecule has 0 N–H and O–H groups in total. The van der Waals surface area contributed by atoms with Gasteiger partial charge in [-0.1, -0.05) is 30.3 Å². The van der Waals surface area contributed by atoms with E-state index < -0.39 is 5.60 Å². The van der Waals surface area contributed by atoms with Gasteiger partial charge in [-0.25, -0.2) is 0 Å². The second-order valence-electron chi connectivity index (χ2n) is 5.31. The molecule has 0 radical (unpaired) electrons. The van der Waals surface area contributed by atoms with Crippen molar-refractivity contribution in [1.29, 1.82) is 0 Å². The van der Waals surface area contributed by atoms with E-state index in [-0.39, 0.29) is 0 Å². The van der Waals surface area contributed by atoms with E-state index in [4.69, 9.17) is 4.74 Å². The molecule has 3 atom stereocenters. The van der Waals surface area contributed by atoms with E-state index in [0.717, 1.165) is 38.4 Å². The van der Waals surface area contributed by atoms with Crippen molar-refractivity contribution in [2.75, 3.05) is 0 Å². The van der Waals surface area contributed by atoms with Gasteiger partial charge in [0.15, 0.2) is 6.29 Å². The molecular formula is C15H18O2. The molecule has 2 nitrogen and oxygen atoms in total. The number of rotatable bonds is 4. The van der Waals surface area contributed by atoms with Gasteiger partial charge in [-0.2, -0.15) is 0 Å². The summed E-state index contributed by atoms with van der Waals surface area (Å²) < 4.78 is 5.84. The highest BCUT2D eigenvalue weighted by Crippen LogP contribution is 2.48. The lowest BCUT2D eigenvalue weighted by atomic mass is 9.76. The Hall–Kier alpha value is -1.15. The number of hydrogen-bond donors (Lipinski definition) is 0. The average Bonchev–Trinajstić information content (AvgIpc) is 2.96. The van der Waals surface area contributed by atoms with E-state index in [1.807, 2.05) is 6.07 Å². The molecule has 2 bridgehead atoms. The fourth-order valence-electron chi connectivity index (χ4n) is 3.33. The van der Waals surface area contributed by atoms with Crippen molar-refractivity contribution in [3.63, 3.8) is 0 Å². The molecule has 2 fully saturated rings. The maximum Gasteiger partial charge on any atom is 0.152 e. The lowest BCUT2D eigenvalue weighted by molar-refractivity contribution is -0.127. The zero-order valence-electron chi connectivity index (χ0n) is 9.97. The molecule has 1 aromatic carbocycles. The normalized spacial score (nSPS) is 35.1. The Morgan fingerprint density at radius 1 is 1.35 bits per heavy atom. The van der Waals surface area contributed by atoms with Crippen molar-refractivity contribution in [3.8, 4) is 0 Å². The van der Waals surface area contributed by atoms with Crippen molar-refractivity contribution >= 4 is 6.29 Å². The van der Waals surface area contributed by atoms with E-state index in [1.165, 1.54) is 5.56 Å². The van der Waals surface area contributed by atoms with Gasteiger partial charge in [-0.3, -0.25) is 0 Å². The molecule has 17 heavy (non-hydrogen) atoms. The van der Waals surface area contributed by atoms with Crippen LogP contribution in [0.3, 0.4) is 0 Å². The number of benzene rings is 1. The lowest BCUT2D eigenvalue weighted by Crippen LogP contribution is -2.35. The Labute approximate surface area is 102 Å². The van der Waals surface area contributed by atoms with Gasteiger partial charge in [-0.05, 0) is 43.6 Å². The minimum Gasteiger partial charge on any atom is -0.364 e. The second-order valence-corrected chi connectivity index (χ2v) is 5.31. The summed E-state index contributed by atoms with van der Waals surface area (Å²) in [5.74, 6) is 0.430. The Morgan fingerprint density at radius 2 is 2.18 bits per heavy atom. The first-order chi connectivity index (χ1) is 8.32. The quantitative estimate of drug-likeness (QED) is 0.743. The summed E-state index contributed by atoms with van der Waals surface area (Å²) in [5, 5.41) is 0. The molecule has 3 rings (SSSR count). The van der Waals surface area contributed by atoms with Crippen LogP contribution in [0.5, 0.6) is 0 Å². The van der Waals surface area contributed by atoms with Gasteiger partial charge in [0, 0.05) is 0 Å². The van der Waals surface area contributed by atoms with Crippen LogP contribution in [0, 0.1) is 5.92 Å². The molecule has 2 aliphatic rings. The number of carbonyl (C=O) groups is 1. The minimum atomic E-state index is -0.431. The third kappa shape index (κ3) is 1.91. The molecule has 2 heterocycles. The largest absolute Gasteiger partial charge is 0.364 e. The number of hydrogen-bond acceptors (Lipinski definition) is 2. The Morgan fingerprint density at radius 3 is 2.88 bits per heavy atom. The third-order valence-corrected chi connectivity index (χ3v) is 4.31. The highest BCUT2D eigenvalue weighted by molar-refractivity contribution is 5.64. The summed E-state index contributed by atoms with van der Waals surface area (Å²) in [4.78, 5) is 11.3. The van der Waals surface area contributed by atoms with Gasteiger partial charge in [0.1, 0.15) is 5.60 Å². The monoisotopic (exact) mass is 230 g/mol. The first kappa shape index (κ1) is 11.0. The Kier molecular flexibility index (Phi) is 2.75. The van der Waals surface area contributed by atoms with Crippen LogP contribution in [0.25, 0.3) is 0 Å². The van der Waals surface area contributed by atoms with Gasteiger partial charge < -0.3 is 9.53 Å². The smallest absolute Gasteiger partial charge is 0.152 e. The number of ether oxygens (including phenoxy) is 1. The van der Waals surface area contributed by atoms with Crippen LogP contribution < -0.4 is 0 Å². The summed E-state index contributed by atoms with van der Waals surface area (Å²) >= 11 is 0. The molecule has 2 aliphatic heterocycles. The molecule has 0 aromatic heterocycles. The Bertz CT molecular complexity index is 401. The van der Waals surface area contributed by atoms with Crippen LogP contribution in [0.1, 0.15) is 31.2 Å². The molecule has 0 saturated carbocycles. The number of carbonyl (C=O) groups excluding carboxylic acids is 1. The van der Waals surface area contributed by atoms with Crippen LogP contribution in [0.15, 0.2) is 30.3 Å². The van der Waals surface area contributed by atoms with Crippen molar-refractivity contribution in [2.45, 2.75) is 43.8 Å². The highest BCUT2D eigenvalue weighted by atomic mass is 16.5. The van der Waals surface area contributed by atoms with Gasteiger partial charge >= 0.3 is 0 Å². The third-order valence-electron chi connectivity index (χ3n) is 4.31. The van der Waals surface area contributed by atoms with Crippen LogP contribution >= 0.6 is 0 Å². The van der Waals surface area contributed by atoms with E-state index in [1.54, 1.807) is 0 Å². The zero-order valence-corrected chi connectivity index (χ0v) is 9.97. The predicted molar refractivity (Wildman–Crippen MR) is 65.8 cm³/mol. The molecule has 1 aromatic rings. The van der Waals surface area contributed by atoms with Crippen molar-refractivity contribution in [1.82, 2.24) is 0 Å². The van der Waals surface area contributed by atoms with Crippen LogP contribution in [0.4, 0.5) is 0 Å². The van der Waals surface area contributed by atoms with E-state index in [0.29, 0.717) is 12.0 Å². The van der Waals surface area contributed by atoms with Gasteiger partial charge in [-0.15, -0.1) is 0 Å². The summed E-state index contributed by atoms with van der Waals surface area (Å²) in [7, 11) is 0. The maximum absolute atomic E-state index is 11.3. The molecule has 2 unspecified atom stereocenters. The van der Waals surface area contributed by atoms with Crippen LogP contribution in [0.2, 0.25) is 0 Å². The average molecular weight is 230 g/mol. The van der Waals surface area contributed by atoms with Crippen LogP contribution in [-0.4, -0.2) is 18.0 Å². The van der Waals surface area contributed by atoms with Crippen molar-refractivity contribution in [2.24, 2.45) is 5.92 Å². The SMILES string of the molecule is O=C[C@@]12CCC(CC1CCc1ccccc1)O2. The number of aldehydes is 1. The second kappa shape index (κ2) is 4.26. The first-order valence-corrected chi connectivity index (χ1v) is 6.50. The summed E-state index contributed by atoms with van der Waals surface area (Å²) in [6, 6.07) is 10.5. The van der Waals surface area contributed by atoms with Gasteiger partial charge in [0.25, 0.3) is 0 Å². The lowest BCUT2D eigenvalue weighted by Gasteiger charge is -2.27. The molecule has 90 valence electrons. The van der Waals surface area contributed by atoms with Crippen molar-refractivity contribution < 1.29 is 9.53 Å². The highest BCUT2D eigenvalue weighted by Gasteiger charge is 2.52.